The summed E-state index contributed by atoms with van der Waals surface area (Å²) in [7, 11) is 1.69. The van der Waals surface area contributed by atoms with Crippen LogP contribution in [0.5, 0.6) is 0 Å². The van der Waals surface area contributed by atoms with E-state index in [1.54, 1.807) is 12.5 Å². The van der Waals surface area contributed by atoms with Gasteiger partial charge in [-0.05, 0) is 26.2 Å². The molecule has 1 aliphatic rings. The highest BCUT2D eigenvalue weighted by atomic mass is 32.1. The first kappa shape index (κ1) is 13.5. The number of hydrogen-bond donors (Lipinski definition) is 2. The topological polar surface area (TPSA) is 77.2 Å². The van der Waals surface area contributed by atoms with E-state index in [2.05, 4.69) is 10.3 Å². The van der Waals surface area contributed by atoms with Gasteiger partial charge in [0.1, 0.15) is 10.7 Å². The van der Waals surface area contributed by atoms with Gasteiger partial charge in [0.15, 0.2) is 0 Å². The normalized spacial score (nSPS) is 25.1. The number of rotatable bonds is 4. The summed E-state index contributed by atoms with van der Waals surface area (Å²) in [5.41, 5.74) is 6.18. The van der Waals surface area contributed by atoms with Crippen molar-refractivity contribution in [1.82, 2.24) is 10.3 Å². The van der Waals surface area contributed by atoms with Crippen LogP contribution in [0.15, 0.2) is 5.38 Å². The number of thiazole rings is 1. The summed E-state index contributed by atoms with van der Waals surface area (Å²) in [5.74, 6) is -0.132. The molecule has 0 aromatic carbocycles. The van der Waals surface area contributed by atoms with Gasteiger partial charge in [0.25, 0.3) is 5.91 Å². The lowest BCUT2D eigenvalue weighted by Gasteiger charge is -2.18. The van der Waals surface area contributed by atoms with Gasteiger partial charge in [0.2, 0.25) is 0 Å². The first-order valence-electron chi connectivity index (χ1n) is 6.16. The Bertz CT molecular complexity index is 419. The Morgan fingerprint density at radius 2 is 2.44 bits per heavy atom. The fourth-order valence-corrected chi connectivity index (χ4v) is 2.97. The lowest BCUT2D eigenvalue weighted by atomic mass is 10.2. The molecule has 1 aliphatic carbocycles. The van der Waals surface area contributed by atoms with Gasteiger partial charge in [-0.1, -0.05) is 0 Å². The zero-order chi connectivity index (χ0) is 13.1. The van der Waals surface area contributed by atoms with Crippen molar-refractivity contribution < 1.29 is 9.53 Å². The van der Waals surface area contributed by atoms with E-state index in [0.717, 1.165) is 24.3 Å². The Morgan fingerprint density at radius 3 is 3.06 bits per heavy atom. The summed E-state index contributed by atoms with van der Waals surface area (Å²) < 4.78 is 5.35. The second kappa shape index (κ2) is 5.77. The van der Waals surface area contributed by atoms with Gasteiger partial charge in [-0.2, -0.15) is 0 Å². The summed E-state index contributed by atoms with van der Waals surface area (Å²) >= 11 is 1.42. The monoisotopic (exact) mass is 269 g/mol. The van der Waals surface area contributed by atoms with E-state index in [1.807, 2.05) is 6.92 Å². The summed E-state index contributed by atoms with van der Waals surface area (Å²) in [6.07, 6.45) is 3.18. The Balaban J connectivity index is 1.98. The molecular weight excluding hydrogens is 250 g/mol. The molecule has 0 aliphatic heterocycles. The molecule has 3 unspecified atom stereocenters. The second-order valence-electron chi connectivity index (χ2n) is 4.64. The van der Waals surface area contributed by atoms with Crippen LogP contribution in [0, 0.1) is 0 Å². The van der Waals surface area contributed by atoms with Crippen LogP contribution in [-0.2, 0) is 4.74 Å². The average molecular weight is 269 g/mol. The number of hydrogen-bond acceptors (Lipinski definition) is 5. The van der Waals surface area contributed by atoms with Crippen molar-refractivity contribution in [3.05, 3.63) is 16.1 Å². The van der Waals surface area contributed by atoms with Crippen molar-refractivity contribution in [3.8, 4) is 0 Å². The number of aromatic nitrogens is 1. The minimum absolute atomic E-state index is 0.1000. The fraction of sp³-hybridized carbons (Fsp3) is 0.667. The molecule has 3 atom stereocenters. The van der Waals surface area contributed by atoms with Crippen LogP contribution >= 0.6 is 11.3 Å². The van der Waals surface area contributed by atoms with Gasteiger partial charge >= 0.3 is 0 Å². The number of amides is 1. The molecule has 1 heterocycles. The van der Waals surface area contributed by atoms with E-state index in [0.29, 0.717) is 5.69 Å². The predicted molar refractivity (Wildman–Crippen MR) is 70.6 cm³/mol. The van der Waals surface area contributed by atoms with Gasteiger partial charge in [0, 0.05) is 12.5 Å². The molecule has 1 saturated carbocycles. The SMILES string of the molecule is COC1CCCC1NC(=O)c1csc(C(C)N)n1. The maximum Gasteiger partial charge on any atom is 0.271 e. The number of methoxy groups -OCH3 is 1. The molecule has 0 bridgehead atoms. The summed E-state index contributed by atoms with van der Waals surface area (Å²) in [4.78, 5) is 16.3. The van der Waals surface area contributed by atoms with Crippen LogP contribution in [0.4, 0.5) is 0 Å². The highest BCUT2D eigenvalue weighted by Gasteiger charge is 2.29. The Kier molecular flexibility index (Phi) is 4.31. The Labute approximate surface area is 111 Å². The van der Waals surface area contributed by atoms with Gasteiger partial charge < -0.3 is 15.8 Å². The number of carbonyl (C=O) groups excluding carboxylic acids is 1. The molecule has 1 aromatic heterocycles. The maximum atomic E-state index is 12.0. The van der Waals surface area contributed by atoms with Crippen molar-refractivity contribution in [3.63, 3.8) is 0 Å². The molecule has 3 N–H and O–H groups in total. The Morgan fingerprint density at radius 1 is 1.67 bits per heavy atom. The molecule has 1 amide bonds. The molecule has 0 spiro atoms. The minimum atomic E-state index is -0.132. The van der Waals surface area contributed by atoms with Crippen molar-refractivity contribution in [2.75, 3.05) is 7.11 Å². The number of nitrogens with one attached hydrogen (secondary N) is 1. The lowest BCUT2D eigenvalue weighted by Crippen LogP contribution is -2.40. The molecular formula is C12H19N3O2S. The van der Waals surface area contributed by atoms with Crippen LogP contribution in [0.1, 0.15) is 47.7 Å². The molecule has 1 fully saturated rings. The molecule has 6 heteroatoms. The predicted octanol–water partition coefficient (Wildman–Crippen LogP) is 1.46. The molecule has 100 valence electrons. The maximum absolute atomic E-state index is 12.0. The summed E-state index contributed by atoms with van der Waals surface area (Å²) in [5, 5.41) is 5.53. The first-order chi connectivity index (χ1) is 8.61. The van der Waals surface area contributed by atoms with E-state index in [1.165, 1.54) is 11.3 Å². The molecule has 18 heavy (non-hydrogen) atoms. The van der Waals surface area contributed by atoms with Gasteiger partial charge in [-0.15, -0.1) is 11.3 Å². The number of carbonyl (C=O) groups is 1. The molecule has 1 aromatic rings. The van der Waals surface area contributed by atoms with Gasteiger partial charge in [-0.25, -0.2) is 4.98 Å². The van der Waals surface area contributed by atoms with Crippen LogP contribution < -0.4 is 11.1 Å². The Hall–Kier alpha value is -0.980. The lowest BCUT2D eigenvalue weighted by molar-refractivity contribution is 0.0719. The van der Waals surface area contributed by atoms with Crippen molar-refractivity contribution in [2.24, 2.45) is 5.73 Å². The van der Waals surface area contributed by atoms with Crippen molar-refractivity contribution >= 4 is 17.2 Å². The molecule has 2 rings (SSSR count). The van der Waals surface area contributed by atoms with Crippen LogP contribution in [-0.4, -0.2) is 30.1 Å². The highest BCUT2D eigenvalue weighted by molar-refractivity contribution is 7.09. The molecule has 0 saturated heterocycles. The van der Waals surface area contributed by atoms with Crippen molar-refractivity contribution in [2.45, 2.75) is 44.4 Å². The average Bonchev–Trinajstić information content (AvgIpc) is 2.96. The van der Waals surface area contributed by atoms with Gasteiger partial charge in [0.05, 0.1) is 18.2 Å². The number of nitrogens with zero attached hydrogens (tertiary/aromatic N) is 1. The fourth-order valence-electron chi connectivity index (χ4n) is 2.22. The van der Waals surface area contributed by atoms with E-state index in [9.17, 15) is 4.79 Å². The summed E-state index contributed by atoms with van der Waals surface area (Å²) in [6.45, 7) is 1.86. The van der Waals surface area contributed by atoms with Gasteiger partial charge in [-0.3, -0.25) is 4.79 Å². The van der Waals surface area contributed by atoms with E-state index >= 15 is 0 Å². The zero-order valence-electron chi connectivity index (χ0n) is 10.7. The van der Waals surface area contributed by atoms with E-state index in [-0.39, 0.29) is 24.1 Å². The second-order valence-corrected chi connectivity index (χ2v) is 5.53. The van der Waals surface area contributed by atoms with Crippen LogP contribution in [0.2, 0.25) is 0 Å². The van der Waals surface area contributed by atoms with E-state index < -0.39 is 0 Å². The molecule has 5 nitrogen and oxygen atoms in total. The highest BCUT2D eigenvalue weighted by Crippen LogP contribution is 2.22. The largest absolute Gasteiger partial charge is 0.379 e. The molecule has 0 radical (unpaired) electrons. The standard InChI is InChI=1S/C12H19N3O2S/c1-7(13)12-15-9(6-18-12)11(16)14-8-4-3-5-10(8)17-2/h6-8,10H,3-5,13H2,1-2H3,(H,14,16). The quantitative estimate of drug-likeness (QED) is 0.867. The zero-order valence-corrected chi connectivity index (χ0v) is 11.5. The first-order valence-corrected chi connectivity index (χ1v) is 7.04. The third kappa shape index (κ3) is 2.88. The minimum Gasteiger partial charge on any atom is -0.379 e. The number of ether oxygens (including phenoxy) is 1. The van der Waals surface area contributed by atoms with Crippen molar-refractivity contribution in [1.29, 1.82) is 0 Å². The third-order valence-electron chi connectivity index (χ3n) is 3.22. The van der Waals surface area contributed by atoms with Crippen LogP contribution in [0.3, 0.4) is 0 Å². The third-order valence-corrected chi connectivity index (χ3v) is 4.26. The number of nitrogens with two attached hydrogens (primary N) is 1. The van der Waals surface area contributed by atoms with Crippen LogP contribution in [0.25, 0.3) is 0 Å². The van der Waals surface area contributed by atoms with E-state index in [4.69, 9.17) is 10.5 Å². The summed E-state index contributed by atoms with van der Waals surface area (Å²) in [6, 6.07) is -0.0299. The smallest absolute Gasteiger partial charge is 0.271 e.